The van der Waals surface area contributed by atoms with Gasteiger partial charge < -0.3 is 0 Å². The molecule has 100 valence electrons. The van der Waals surface area contributed by atoms with Crippen LogP contribution in [0, 0.1) is 11.8 Å². The van der Waals surface area contributed by atoms with Crippen molar-refractivity contribution in [2.75, 3.05) is 0 Å². The Morgan fingerprint density at radius 3 is 2.35 bits per heavy atom. The quantitative estimate of drug-likeness (QED) is 0.639. The largest absolute Gasteiger partial charge is 0.244 e. The molecular weight excluding hydrogens is 218 g/mol. The lowest BCUT2D eigenvalue weighted by atomic mass is 9.68. The normalized spacial score (nSPS) is 43.6. The van der Waals surface area contributed by atoms with Gasteiger partial charge in [-0.3, -0.25) is 0 Å². The standard InChI is InChI=1S/C15H26F2/c1-2-5-12-7-9-13(10-8-12)15(17)11-4-3-6-14(15)16/h12-14H,2-11H2,1H3. The maximum absolute atomic E-state index is 14.8. The molecule has 2 heteroatoms. The van der Waals surface area contributed by atoms with Crippen LogP contribution in [0.1, 0.15) is 71.1 Å². The molecule has 2 saturated carbocycles. The highest BCUT2D eigenvalue weighted by Crippen LogP contribution is 2.47. The molecule has 2 unspecified atom stereocenters. The van der Waals surface area contributed by atoms with Crippen LogP contribution in [-0.2, 0) is 0 Å². The summed E-state index contributed by atoms with van der Waals surface area (Å²) in [6.07, 6.45) is 8.06. The van der Waals surface area contributed by atoms with Gasteiger partial charge in [-0.15, -0.1) is 0 Å². The Morgan fingerprint density at radius 2 is 1.76 bits per heavy atom. The van der Waals surface area contributed by atoms with Crippen LogP contribution in [0.25, 0.3) is 0 Å². The lowest BCUT2D eigenvalue weighted by Crippen LogP contribution is -2.46. The molecule has 2 aliphatic rings. The molecule has 2 fully saturated rings. The Labute approximate surface area is 104 Å². The molecule has 0 nitrogen and oxygen atoms in total. The highest BCUT2D eigenvalue weighted by molar-refractivity contribution is 4.97. The Bertz CT molecular complexity index is 233. The second-order valence-corrected chi connectivity index (χ2v) is 6.15. The second kappa shape index (κ2) is 5.67. The molecule has 17 heavy (non-hydrogen) atoms. The Kier molecular flexibility index (Phi) is 4.43. The highest BCUT2D eigenvalue weighted by Gasteiger charge is 2.48. The molecule has 0 aromatic rings. The second-order valence-electron chi connectivity index (χ2n) is 6.15. The van der Waals surface area contributed by atoms with E-state index >= 15 is 0 Å². The summed E-state index contributed by atoms with van der Waals surface area (Å²) in [5, 5.41) is 0. The van der Waals surface area contributed by atoms with E-state index in [0.29, 0.717) is 12.8 Å². The van der Waals surface area contributed by atoms with Crippen molar-refractivity contribution in [3.63, 3.8) is 0 Å². The first-order valence-electron chi connectivity index (χ1n) is 7.49. The fourth-order valence-corrected chi connectivity index (χ4v) is 3.92. The summed E-state index contributed by atoms with van der Waals surface area (Å²) < 4.78 is 28.7. The fourth-order valence-electron chi connectivity index (χ4n) is 3.92. The van der Waals surface area contributed by atoms with Crippen molar-refractivity contribution in [2.24, 2.45) is 11.8 Å². The highest BCUT2D eigenvalue weighted by atomic mass is 19.2. The van der Waals surface area contributed by atoms with Gasteiger partial charge in [0.2, 0.25) is 0 Å². The van der Waals surface area contributed by atoms with Crippen LogP contribution in [0.3, 0.4) is 0 Å². The van der Waals surface area contributed by atoms with Gasteiger partial charge in [-0.1, -0.05) is 45.4 Å². The predicted molar refractivity (Wildman–Crippen MR) is 67.6 cm³/mol. The lowest BCUT2D eigenvalue weighted by Gasteiger charge is -2.42. The van der Waals surface area contributed by atoms with Crippen molar-refractivity contribution in [3.8, 4) is 0 Å². The molecule has 2 aliphatic carbocycles. The van der Waals surface area contributed by atoms with E-state index in [2.05, 4.69) is 6.92 Å². The Balaban J connectivity index is 1.90. The SMILES string of the molecule is CCCC1CCC(C2(F)CCCCC2F)CC1. The zero-order chi connectivity index (χ0) is 12.3. The van der Waals surface area contributed by atoms with Crippen molar-refractivity contribution in [1.29, 1.82) is 0 Å². The molecule has 0 aromatic heterocycles. The predicted octanol–water partition coefficient (Wildman–Crippen LogP) is 5.21. The molecule has 0 bridgehead atoms. The number of hydrogen-bond donors (Lipinski definition) is 0. The van der Waals surface area contributed by atoms with Crippen molar-refractivity contribution in [3.05, 3.63) is 0 Å². The van der Waals surface area contributed by atoms with Crippen LogP contribution < -0.4 is 0 Å². The summed E-state index contributed by atoms with van der Waals surface area (Å²) in [6, 6.07) is 0. The maximum Gasteiger partial charge on any atom is 0.144 e. The minimum atomic E-state index is -1.48. The van der Waals surface area contributed by atoms with Crippen LogP contribution >= 0.6 is 0 Å². The van der Waals surface area contributed by atoms with Crippen molar-refractivity contribution >= 4 is 0 Å². The fraction of sp³-hybridized carbons (Fsp3) is 1.00. The summed E-state index contributed by atoms with van der Waals surface area (Å²) in [7, 11) is 0. The Morgan fingerprint density at radius 1 is 1.06 bits per heavy atom. The molecule has 0 aromatic carbocycles. The summed E-state index contributed by atoms with van der Waals surface area (Å²) in [5.41, 5.74) is -1.48. The minimum absolute atomic E-state index is 0.00547. The summed E-state index contributed by atoms with van der Waals surface area (Å²) in [4.78, 5) is 0. The molecule has 0 aliphatic heterocycles. The average molecular weight is 244 g/mol. The molecule has 2 rings (SSSR count). The smallest absolute Gasteiger partial charge is 0.144 e. The van der Waals surface area contributed by atoms with E-state index in [1.807, 2.05) is 0 Å². The summed E-state index contributed by atoms with van der Waals surface area (Å²) in [5.74, 6) is 0.785. The van der Waals surface area contributed by atoms with E-state index in [1.54, 1.807) is 0 Å². The van der Waals surface area contributed by atoms with Gasteiger partial charge in [0.05, 0.1) is 0 Å². The van der Waals surface area contributed by atoms with Crippen LogP contribution in [0.4, 0.5) is 8.78 Å². The third kappa shape index (κ3) is 2.82. The first-order valence-corrected chi connectivity index (χ1v) is 7.49. The monoisotopic (exact) mass is 244 g/mol. The maximum atomic E-state index is 14.8. The summed E-state index contributed by atoms with van der Waals surface area (Å²) in [6.45, 7) is 2.21. The van der Waals surface area contributed by atoms with Gasteiger partial charge in [-0.2, -0.15) is 0 Å². The lowest BCUT2D eigenvalue weighted by molar-refractivity contribution is -0.0528. The van der Waals surface area contributed by atoms with E-state index in [4.69, 9.17) is 0 Å². The third-order valence-corrected chi connectivity index (χ3v) is 5.01. The number of hydrogen-bond acceptors (Lipinski definition) is 0. The van der Waals surface area contributed by atoms with E-state index < -0.39 is 11.8 Å². The zero-order valence-electron chi connectivity index (χ0n) is 11.1. The van der Waals surface area contributed by atoms with E-state index in [9.17, 15) is 8.78 Å². The third-order valence-electron chi connectivity index (χ3n) is 5.01. The first-order chi connectivity index (χ1) is 8.16. The van der Waals surface area contributed by atoms with E-state index in [-0.39, 0.29) is 5.92 Å². The van der Waals surface area contributed by atoms with Crippen molar-refractivity contribution < 1.29 is 8.78 Å². The van der Waals surface area contributed by atoms with E-state index in [1.165, 1.54) is 12.8 Å². The number of rotatable bonds is 3. The van der Waals surface area contributed by atoms with Gasteiger partial charge in [0.1, 0.15) is 11.8 Å². The van der Waals surface area contributed by atoms with Crippen LogP contribution in [-0.4, -0.2) is 11.8 Å². The van der Waals surface area contributed by atoms with Crippen LogP contribution in [0.15, 0.2) is 0 Å². The topological polar surface area (TPSA) is 0 Å². The molecule has 0 heterocycles. The van der Waals surface area contributed by atoms with Gasteiger partial charge in [0.15, 0.2) is 0 Å². The van der Waals surface area contributed by atoms with Gasteiger partial charge >= 0.3 is 0 Å². The van der Waals surface area contributed by atoms with Gasteiger partial charge in [-0.05, 0) is 37.5 Å². The van der Waals surface area contributed by atoms with Crippen molar-refractivity contribution in [1.82, 2.24) is 0 Å². The van der Waals surface area contributed by atoms with Gasteiger partial charge in [-0.25, -0.2) is 8.78 Å². The van der Waals surface area contributed by atoms with Crippen LogP contribution in [0.2, 0.25) is 0 Å². The van der Waals surface area contributed by atoms with Crippen molar-refractivity contribution in [2.45, 2.75) is 83.0 Å². The van der Waals surface area contributed by atoms with Crippen LogP contribution in [0.5, 0.6) is 0 Å². The zero-order valence-corrected chi connectivity index (χ0v) is 11.1. The molecular formula is C15H26F2. The molecule has 0 amide bonds. The molecule has 0 radical (unpaired) electrons. The van der Waals surface area contributed by atoms with E-state index in [0.717, 1.165) is 44.4 Å². The molecule has 2 atom stereocenters. The van der Waals surface area contributed by atoms with Gasteiger partial charge in [0.25, 0.3) is 0 Å². The minimum Gasteiger partial charge on any atom is -0.244 e. The molecule has 0 spiro atoms. The van der Waals surface area contributed by atoms with Gasteiger partial charge in [0, 0.05) is 0 Å². The average Bonchev–Trinajstić information content (AvgIpc) is 2.34. The number of alkyl halides is 2. The Hall–Kier alpha value is -0.140. The first kappa shape index (κ1) is 13.3. The summed E-state index contributed by atoms with van der Waals surface area (Å²) >= 11 is 0. The molecule has 0 N–H and O–H groups in total. The molecule has 0 saturated heterocycles. The number of halogens is 2.